The first kappa shape index (κ1) is 21.1. The van der Waals surface area contributed by atoms with Gasteiger partial charge in [-0.25, -0.2) is 17.8 Å². The van der Waals surface area contributed by atoms with Crippen molar-refractivity contribution in [1.29, 1.82) is 0 Å². The molecule has 0 atom stereocenters. The third-order valence-corrected chi connectivity index (χ3v) is 8.41. The van der Waals surface area contributed by atoms with Crippen LogP contribution in [-0.2, 0) is 14.8 Å². The third kappa shape index (κ3) is 4.03. The van der Waals surface area contributed by atoms with Gasteiger partial charge in [-0.1, -0.05) is 11.3 Å². The van der Waals surface area contributed by atoms with Crippen molar-refractivity contribution in [3.05, 3.63) is 42.2 Å². The maximum Gasteiger partial charge on any atom is 0.243 e. The van der Waals surface area contributed by atoms with Gasteiger partial charge >= 0.3 is 0 Å². The summed E-state index contributed by atoms with van der Waals surface area (Å²) in [5.74, 6) is 0.317. The summed E-state index contributed by atoms with van der Waals surface area (Å²) in [4.78, 5) is 17.3. The Morgan fingerprint density at radius 3 is 2.44 bits per heavy atom. The molecule has 5 rings (SSSR count). The summed E-state index contributed by atoms with van der Waals surface area (Å²) >= 11 is 1.35. The van der Waals surface area contributed by atoms with Crippen LogP contribution in [-0.4, -0.2) is 49.9 Å². The minimum absolute atomic E-state index is 0.0481. The monoisotopic (exact) mass is 477 g/mol. The van der Waals surface area contributed by atoms with Gasteiger partial charge in [-0.15, -0.1) is 0 Å². The van der Waals surface area contributed by atoms with Gasteiger partial charge < -0.3 is 14.8 Å². The van der Waals surface area contributed by atoms with Crippen molar-refractivity contribution in [2.24, 2.45) is 5.92 Å². The van der Waals surface area contributed by atoms with Gasteiger partial charge in [0.25, 0.3) is 0 Å². The molecule has 32 heavy (non-hydrogen) atoms. The number of nitrogens with one attached hydrogen (secondary N) is 1. The number of sulfonamides is 1. The van der Waals surface area contributed by atoms with Crippen molar-refractivity contribution < 1.29 is 27.1 Å². The summed E-state index contributed by atoms with van der Waals surface area (Å²) in [6, 6.07) is 8.42. The molecule has 0 bridgehead atoms. The molecule has 1 N–H and O–H groups in total. The van der Waals surface area contributed by atoms with Gasteiger partial charge in [-0.2, -0.15) is 4.31 Å². The average Bonchev–Trinajstić information content (AvgIpc) is 3.18. The van der Waals surface area contributed by atoms with Gasteiger partial charge in [-0.3, -0.25) is 4.79 Å². The summed E-state index contributed by atoms with van der Waals surface area (Å²) in [6.07, 6.45) is 0.792. The number of halogens is 1. The SMILES string of the molecule is O=C(Nc1nc2cc3c(cc2s1)OCCO3)C1CCN(S(=O)(=O)c2ccc(F)cc2)CC1. The number of carbonyl (C=O) groups excluding carboxylic acids is 1. The highest BCUT2D eigenvalue weighted by atomic mass is 32.2. The van der Waals surface area contributed by atoms with E-state index in [2.05, 4.69) is 10.3 Å². The number of benzene rings is 2. The molecular formula is C21H20FN3O5S2. The van der Waals surface area contributed by atoms with E-state index in [9.17, 15) is 17.6 Å². The Labute approximate surface area is 188 Å². The molecule has 11 heteroatoms. The molecule has 1 fully saturated rings. The van der Waals surface area contributed by atoms with Gasteiger partial charge in [0.1, 0.15) is 19.0 Å². The number of rotatable bonds is 4. The summed E-state index contributed by atoms with van der Waals surface area (Å²) < 4.78 is 52.0. The summed E-state index contributed by atoms with van der Waals surface area (Å²) in [6.45, 7) is 1.43. The quantitative estimate of drug-likeness (QED) is 0.620. The lowest BCUT2D eigenvalue weighted by atomic mass is 9.97. The molecule has 0 spiro atoms. The number of piperidine rings is 1. The number of aromatic nitrogens is 1. The zero-order valence-corrected chi connectivity index (χ0v) is 18.5. The summed E-state index contributed by atoms with van der Waals surface area (Å²) in [7, 11) is -3.71. The van der Waals surface area contributed by atoms with E-state index < -0.39 is 15.8 Å². The molecule has 1 aromatic heterocycles. The number of anilines is 1. The van der Waals surface area contributed by atoms with Crippen LogP contribution in [0.25, 0.3) is 10.2 Å². The molecule has 0 saturated carbocycles. The molecule has 1 saturated heterocycles. The zero-order valence-electron chi connectivity index (χ0n) is 16.9. The van der Waals surface area contributed by atoms with Gasteiger partial charge in [0.05, 0.1) is 15.1 Å². The molecule has 0 unspecified atom stereocenters. The lowest BCUT2D eigenvalue weighted by molar-refractivity contribution is -0.120. The number of thiazole rings is 1. The summed E-state index contributed by atoms with van der Waals surface area (Å²) in [5, 5.41) is 3.34. The second-order valence-electron chi connectivity index (χ2n) is 7.60. The second-order valence-corrected chi connectivity index (χ2v) is 10.6. The molecule has 2 aliphatic heterocycles. The van der Waals surface area contributed by atoms with Gasteiger partial charge in [0.15, 0.2) is 16.6 Å². The lowest BCUT2D eigenvalue weighted by Crippen LogP contribution is -2.41. The highest BCUT2D eigenvalue weighted by Crippen LogP contribution is 2.38. The van der Waals surface area contributed by atoms with Gasteiger partial charge in [0.2, 0.25) is 15.9 Å². The van der Waals surface area contributed by atoms with E-state index in [0.717, 1.165) is 22.3 Å². The van der Waals surface area contributed by atoms with Crippen LogP contribution < -0.4 is 14.8 Å². The van der Waals surface area contributed by atoms with Crippen LogP contribution in [0.2, 0.25) is 0 Å². The van der Waals surface area contributed by atoms with E-state index in [0.29, 0.717) is 42.7 Å². The third-order valence-electron chi connectivity index (χ3n) is 5.56. The van der Waals surface area contributed by atoms with Crippen LogP contribution in [0.1, 0.15) is 12.8 Å². The van der Waals surface area contributed by atoms with E-state index >= 15 is 0 Å². The topological polar surface area (TPSA) is 97.8 Å². The Morgan fingerprint density at radius 1 is 1.09 bits per heavy atom. The van der Waals surface area contributed by atoms with E-state index in [4.69, 9.17) is 9.47 Å². The molecule has 168 valence electrons. The number of hydrogen-bond donors (Lipinski definition) is 1. The fourth-order valence-corrected chi connectivity index (χ4v) is 6.19. The average molecular weight is 478 g/mol. The van der Waals surface area contributed by atoms with Crippen molar-refractivity contribution >= 4 is 42.6 Å². The Hall–Kier alpha value is -2.76. The van der Waals surface area contributed by atoms with Crippen LogP contribution >= 0.6 is 11.3 Å². The number of amides is 1. The molecule has 0 radical (unpaired) electrons. The van der Waals surface area contributed by atoms with E-state index in [1.165, 1.54) is 27.8 Å². The molecular weight excluding hydrogens is 457 g/mol. The largest absolute Gasteiger partial charge is 0.486 e. The summed E-state index contributed by atoms with van der Waals surface area (Å²) in [5.41, 5.74) is 0.717. The second kappa shape index (κ2) is 8.30. The normalized spacial score (nSPS) is 17.4. The maximum atomic E-state index is 13.1. The lowest BCUT2D eigenvalue weighted by Gasteiger charge is -2.30. The predicted octanol–water partition coefficient (Wildman–Crippen LogP) is 3.25. The first-order chi connectivity index (χ1) is 15.4. The Morgan fingerprint density at radius 2 is 1.75 bits per heavy atom. The van der Waals surface area contributed by atoms with Gasteiger partial charge in [0, 0.05) is 31.1 Å². The van der Waals surface area contributed by atoms with Crippen molar-refractivity contribution in [1.82, 2.24) is 9.29 Å². The van der Waals surface area contributed by atoms with E-state index in [1.807, 2.05) is 6.07 Å². The van der Waals surface area contributed by atoms with Crippen LogP contribution in [0, 0.1) is 11.7 Å². The fourth-order valence-electron chi connectivity index (χ4n) is 3.84. The Balaban J connectivity index is 1.23. The van der Waals surface area contributed by atoms with Crippen molar-refractivity contribution in [3.63, 3.8) is 0 Å². The van der Waals surface area contributed by atoms with E-state index in [-0.39, 0.29) is 29.8 Å². The predicted molar refractivity (Wildman–Crippen MR) is 117 cm³/mol. The van der Waals surface area contributed by atoms with Gasteiger partial charge in [-0.05, 0) is 37.1 Å². The molecule has 2 aliphatic rings. The Kier molecular flexibility index (Phi) is 5.48. The molecule has 0 aliphatic carbocycles. The Bertz CT molecular complexity index is 1230. The molecule has 3 aromatic rings. The smallest absolute Gasteiger partial charge is 0.243 e. The highest BCUT2D eigenvalue weighted by Gasteiger charge is 2.32. The molecule has 1 amide bonds. The number of fused-ring (bicyclic) bond motifs is 2. The number of ether oxygens (including phenoxy) is 2. The van der Waals surface area contributed by atoms with Crippen molar-refractivity contribution in [3.8, 4) is 11.5 Å². The van der Waals surface area contributed by atoms with Crippen LogP contribution in [0.4, 0.5) is 9.52 Å². The first-order valence-electron chi connectivity index (χ1n) is 10.2. The minimum atomic E-state index is -3.71. The number of hydrogen-bond acceptors (Lipinski definition) is 7. The number of nitrogens with zero attached hydrogens (tertiary/aromatic N) is 2. The van der Waals surface area contributed by atoms with Crippen LogP contribution in [0.15, 0.2) is 41.3 Å². The molecule has 2 aromatic carbocycles. The zero-order chi connectivity index (χ0) is 22.3. The van der Waals surface area contributed by atoms with Crippen LogP contribution in [0.3, 0.4) is 0 Å². The first-order valence-corrected chi connectivity index (χ1v) is 12.4. The fraction of sp³-hybridized carbons (Fsp3) is 0.333. The van der Waals surface area contributed by atoms with Crippen molar-refractivity contribution in [2.45, 2.75) is 17.7 Å². The number of carbonyl (C=O) groups is 1. The molecule has 8 nitrogen and oxygen atoms in total. The maximum absolute atomic E-state index is 13.1. The van der Waals surface area contributed by atoms with Crippen LogP contribution in [0.5, 0.6) is 11.5 Å². The highest BCUT2D eigenvalue weighted by molar-refractivity contribution is 7.89. The van der Waals surface area contributed by atoms with Crippen molar-refractivity contribution in [2.75, 3.05) is 31.6 Å². The van der Waals surface area contributed by atoms with E-state index in [1.54, 1.807) is 6.07 Å². The standard InChI is InChI=1S/C21H20FN3O5S2/c22-14-1-3-15(4-2-14)32(27,28)25-7-5-13(6-8-25)20(26)24-21-23-16-11-17-18(12-19(16)31-21)30-10-9-29-17/h1-4,11-13H,5-10H2,(H,23,24,26). The minimum Gasteiger partial charge on any atom is -0.486 e. The molecule has 3 heterocycles.